The van der Waals surface area contributed by atoms with Gasteiger partial charge in [-0.3, -0.25) is 0 Å². The molecular weight excluding hydrogens is 257 g/mol. The van der Waals surface area contributed by atoms with E-state index < -0.39 is 0 Å². The molecule has 1 unspecified atom stereocenters. The Morgan fingerprint density at radius 2 is 2.15 bits per heavy atom. The van der Waals surface area contributed by atoms with Crippen LogP contribution in [0, 0.1) is 11.2 Å². The minimum atomic E-state index is -0.356. The summed E-state index contributed by atoms with van der Waals surface area (Å²) in [5, 5.41) is 0. The molecule has 20 heavy (non-hydrogen) atoms. The lowest BCUT2D eigenvalue weighted by Crippen LogP contribution is -2.34. The molecule has 0 amide bonds. The lowest BCUT2D eigenvalue weighted by Gasteiger charge is -2.28. The first-order valence-electron chi connectivity index (χ1n) is 6.91. The number of hydrogen-bond donors (Lipinski definition) is 0. The number of nitrogens with zero attached hydrogens (tertiary/aromatic N) is 1. The van der Waals surface area contributed by atoms with Gasteiger partial charge in [0.2, 0.25) is 0 Å². The molecular formula is C16H24FNO2. The van der Waals surface area contributed by atoms with Gasteiger partial charge in [-0.2, -0.15) is 0 Å². The highest BCUT2D eigenvalue weighted by Gasteiger charge is 2.24. The number of ether oxygens (including phenoxy) is 1. The monoisotopic (exact) mass is 281 g/mol. The van der Waals surface area contributed by atoms with E-state index in [4.69, 9.17) is 4.74 Å². The molecule has 0 aliphatic rings. The third-order valence-electron chi connectivity index (χ3n) is 3.41. The van der Waals surface area contributed by atoms with Crippen molar-refractivity contribution in [3.8, 4) is 5.75 Å². The fraction of sp³-hybridized carbons (Fsp3) is 0.562. The summed E-state index contributed by atoms with van der Waals surface area (Å²) < 4.78 is 18.5. The van der Waals surface area contributed by atoms with E-state index in [1.54, 1.807) is 6.07 Å². The Morgan fingerprint density at radius 1 is 1.45 bits per heavy atom. The smallest absolute Gasteiger partial charge is 0.165 e. The van der Waals surface area contributed by atoms with E-state index in [0.29, 0.717) is 13.1 Å². The van der Waals surface area contributed by atoms with Crippen LogP contribution in [0.4, 0.5) is 4.39 Å². The van der Waals surface area contributed by atoms with Crippen molar-refractivity contribution in [3.05, 3.63) is 29.6 Å². The van der Waals surface area contributed by atoms with E-state index in [0.717, 1.165) is 24.7 Å². The second kappa shape index (κ2) is 7.39. The van der Waals surface area contributed by atoms with Crippen LogP contribution in [-0.4, -0.2) is 31.9 Å². The zero-order chi connectivity index (χ0) is 15.2. The summed E-state index contributed by atoms with van der Waals surface area (Å²) in [5.41, 5.74) is 0.532. The second-order valence-electron chi connectivity index (χ2n) is 5.66. The van der Waals surface area contributed by atoms with E-state index in [-0.39, 0.29) is 17.0 Å². The Bertz CT molecular complexity index is 450. The number of carbonyl (C=O) groups excluding carboxylic acids is 1. The Hall–Kier alpha value is -1.42. The maximum absolute atomic E-state index is 13.6. The van der Waals surface area contributed by atoms with Crippen LogP contribution in [0.15, 0.2) is 18.2 Å². The average Bonchev–Trinajstić information content (AvgIpc) is 2.39. The van der Waals surface area contributed by atoms with Gasteiger partial charge in [0.05, 0.1) is 7.11 Å². The van der Waals surface area contributed by atoms with Crippen LogP contribution in [0.3, 0.4) is 0 Å². The lowest BCUT2D eigenvalue weighted by molar-refractivity contribution is -0.116. The molecule has 0 aromatic heterocycles. The minimum absolute atomic E-state index is 0.250. The quantitative estimate of drug-likeness (QED) is 0.685. The van der Waals surface area contributed by atoms with Crippen molar-refractivity contribution in [1.29, 1.82) is 0 Å². The Morgan fingerprint density at radius 3 is 2.65 bits per heavy atom. The number of aldehydes is 1. The van der Waals surface area contributed by atoms with Gasteiger partial charge in [0.1, 0.15) is 6.29 Å². The van der Waals surface area contributed by atoms with E-state index in [1.807, 2.05) is 24.9 Å². The van der Waals surface area contributed by atoms with Crippen LogP contribution in [0.2, 0.25) is 0 Å². The largest absolute Gasteiger partial charge is 0.494 e. The normalized spacial score (nSPS) is 14.1. The number of methoxy groups -OCH3 is 1. The van der Waals surface area contributed by atoms with Crippen molar-refractivity contribution in [2.45, 2.75) is 33.2 Å². The van der Waals surface area contributed by atoms with Gasteiger partial charge in [-0.1, -0.05) is 26.3 Å². The first-order chi connectivity index (χ1) is 9.44. The van der Waals surface area contributed by atoms with Gasteiger partial charge in [-0.25, -0.2) is 4.39 Å². The van der Waals surface area contributed by atoms with E-state index in [9.17, 15) is 9.18 Å². The Kier molecular flexibility index (Phi) is 6.14. The molecule has 0 aliphatic carbocycles. The van der Waals surface area contributed by atoms with Crippen molar-refractivity contribution in [2.75, 3.05) is 20.7 Å². The van der Waals surface area contributed by atoms with Crippen molar-refractivity contribution < 1.29 is 13.9 Å². The molecule has 0 spiro atoms. The third-order valence-corrected chi connectivity index (χ3v) is 3.41. The standard InChI is InChI=1S/C16H24FNO2/c1-5-8-16(2,12-19)11-18(3)10-13-6-7-15(20-4)14(17)9-13/h6-7,9,12H,5,8,10-11H2,1-4H3. The number of halogens is 1. The predicted molar refractivity (Wildman–Crippen MR) is 78.4 cm³/mol. The molecule has 0 fully saturated rings. The molecule has 4 heteroatoms. The SMILES string of the molecule is CCCC(C)(C=O)CN(C)Cc1ccc(OC)c(F)c1. The van der Waals surface area contributed by atoms with E-state index in [2.05, 4.69) is 6.92 Å². The molecule has 1 atom stereocenters. The maximum Gasteiger partial charge on any atom is 0.165 e. The van der Waals surface area contributed by atoms with Crippen molar-refractivity contribution in [3.63, 3.8) is 0 Å². The fourth-order valence-corrected chi connectivity index (χ4v) is 2.54. The van der Waals surface area contributed by atoms with Crippen LogP contribution in [-0.2, 0) is 11.3 Å². The molecule has 1 rings (SSSR count). The number of carbonyl (C=O) groups is 1. The molecule has 0 heterocycles. The summed E-state index contributed by atoms with van der Waals surface area (Å²) in [7, 11) is 3.39. The zero-order valence-electron chi connectivity index (χ0n) is 12.8. The van der Waals surface area contributed by atoms with Crippen LogP contribution < -0.4 is 4.74 Å². The van der Waals surface area contributed by atoms with Crippen molar-refractivity contribution in [2.24, 2.45) is 5.41 Å². The van der Waals surface area contributed by atoms with Gasteiger partial charge < -0.3 is 14.4 Å². The molecule has 0 radical (unpaired) electrons. The molecule has 3 nitrogen and oxygen atoms in total. The highest BCUT2D eigenvalue weighted by molar-refractivity contribution is 5.59. The highest BCUT2D eigenvalue weighted by Crippen LogP contribution is 2.23. The van der Waals surface area contributed by atoms with Crippen LogP contribution >= 0.6 is 0 Å². The molecule has 0 N–H and O–H groups in total. The summed E-state index contributed by atoms with van der Waals surface area (Å²) in [4.78, 5) is 13.3. The summed E-state index contributed by atoms with van der Waals surface area (Å²) in [6, 6.07) is 4.95. The van der Waals surface area contributed by atoms with Gasteiger partial charge in [-0.05, 0) is 31.2 Å². The first-order valence-corrected chi connectivity index (χ1v) is 6.91. The molecule has 0 saturated heterocycles. The van der Waals surface area contributed by atoms with Crippen LogP contribution in [0.25, 0.3) is 0 Å². The van der Waals surface area contributed by atoms with Gasteiger partial charge in [0, 0.05) is 18.5 Å². The number of benzene rings is 1. The second-order valence-corrected chi connectivity index (χ2v) is 5.66. The molecule has 0 aliphatic heterocycles. The van der Waals surface area contributed by atoms with E-state index >= 15 is 0 Å². The maximum atomic E-state index is 13.6. The van der Waals surface area contributed by atoms with Gasteiger partial charge in [0.25, 0.3) is 0 Å². The summed E-state index contributed by atoms with van der Waals surface area (Å²) >= 11 is 0. The molecule has 0 bridgehead atoms. The Labute approximate surface area is 120 Å². The lowest BCUT2D eigenvalue weighted by atomic mass is 9.87. The van der Waals surface area contributed by atoms with E-state index in [1.165, 1.54) is 13.2 Å². The zero-order valence-corrected chi connectivity index (χ0v) is 12.8. The number of hydrogen-bond acceptors (Lipinski definition) is 3. The fourth-order valence-electron chi connectivity index (χ4n) is 2.54. The Balaban J connectivity index is 2.68. The highest BCUT2D eigenvalue weighted by atomic mass is 19.1. The topological polar surface area (TPSA) is 29.5 Å². The van der Waals surface area contributed by atoms with Gasteiger partial charge in [0.15, 0.2) is 11.6 Å². The molecule has 1 aromatic carbocycles. The average molecular weight is 281 g/mol. The third kappa shape index (κ3) is 4.60. The van der Waals surface area contributed by atoms with Crippen LogP contribution in [0.1, 0.15) is 32.3 Å². The molecule has 0 saturated carbocycles. The van der Waals surface area contributed by atoms with Crippen molar-refractivity contribution >= 4 is 6.29 Å². The minimum Gasteiger partial charge on any atom is -0.494 e. The molecule has 112 valence electrons. The predicted octanol–water partition coefficient (Wildman–Crippen LogP) is 3.27. The van der Waals surface area contributed by atoms with Gasteiger partial charge in [-0.15, -0.1) is 0 Å². The first kappa shape index (κ1) is 16.6. The van der Waals surface area contributed by atoms with Crippen molar-refractivity contribution in [1.82, 2.24) is 4.90 Å². The van der Waals surface area contributed by atoms with Crippen LogP contribution in [0.5, 0.6) is 5.75 Å². The molecule has 1 aromatic rings. The summed E-state index contributed by atoms with van der Waals surface area (Å²) in [6.07, 6.45) is 2.86. The summed E-state index contributed by atoms with van der Waals surface area (Å²) in [6.45, 7) is 5.31. The number of rotatable bonds is 8. The van der Waals surface area contributed by atoms with Gasteiger partial charge >= 0.3 is 0 Å². The summed E-state index contributed by atoms with van der Waals surface area (Å²) in [5.74, 6) is -0.106.